The summed E-state index contributed by atoms with van der Waals surface area (Å²) in [5, 5.41) is 16.8. The van der Waals surface area contributed by atoms with Crippen molar-refractivity contribution in [2.24, 2.45) is 5.92 Å². The maximum Gasteiger partial charge on any atom is 0.305 e. The van der Waals surface area contributed by atoms with E-state index >= 15 is 0 Å². The predicted octanol–water partition coefficient (Wildman–Crippen LogP) is 2.55. The predicted molar refractivity (Wildman–Crippen MR) is 76.9 cm³/mol. The first-order valence-electron chi connectivity index (χ1n) is 6.80. The number of nitro groups is 1. The minimum absolute atomic E-state index is 0.0501. The lowest BCUT2D eigenvalue weighted by Gasteiger charge is -2.31. The molecule has 6 heteroatoms. The minimum atomic E-state index is -0.519. The van der Waals surface area contributed by atoms with Gasteiger partial charge in [-0.15, -0.1) is 0 Å². The van der Waals surface area contributed by atoms with Gasteiger partial charge in [0, 0.05) is 13.1 Å². The SMILES string of the molecule is CNc1cccc(C(=O)NC(C)C2CCC2)c1[N+](=O)[O-]. The van der Waals surface area contributed by atoms with Crippen LogP contribution in [-0.4, -0.2) is 23.9 Å². The molecule has 0 saturated heterocycles. The summed E-state index contributed by atoms with van der Waals surface area (Å²) in [4.78, 5) is 22.9. The molecule has 0 radical (unpaired) electrons. The molecule has 0 aromatic heterocycles. The second kappa shape index (κ2) is 5.90. The van der Waals surface area contributed by atoms with Crippen molar-refractivity contribution >= 4 is 17.3 Å². The number of nitrogens with one attached hydrogen (secondary N) is 2. The summed E-state index contributed by atoms with van der Waals surface area (Å²) in [7, 11) is 1.60. The van der Waals surface area contributed by atoms with Crippen molar-refractivity contribution in [2.45, 2.75) is 32.2 Å². The summed E-state index contributed by atoms with van der Waals surface area (Å²) in [6.45, 7) is 1.95. The van der Waals surface area contributed by atoms with E-state index in [0.717, 1.165) is 12.8 Å². The van der Waals surface area contributed by atoms with Crippen LogP contribution >= 0.6 is 0 Å². The third-order valence-corrected chi connectivity index (χ3v) is 3.95. The average Bonchev–Trinajstić information content (AvgIpc) is 2.35. The zero-order valence-electron chi connectivity index (χ0n) is 11.7. The monoisotopic (exact) mass is 277 g/mol. The highest BCUT2D eigenvalue weighted by atomic mass is 16.6. The number of carbonyl (C=O) groups excluding carboxylic acids is 1. The van der Waals surface area contributed by atoms with Gasteiger partial charge < -0.3 is 10.6 Å². The van der Waals surface area contributed by atoms with Crippen LogP contribution < -0.4 is 10.6 Å². The van der Waals surface area contributed by atoms with Gasteiger partial charge in [0.25, 0.3) is 5.91 Å². The van der Waals surface area contributed by atoms with Gasteiger partial charge in [-0.25, -0.2) is 0 Å². The van der Waals surface area contributed by atoms with Crippen LogP contribution in [-0.2, 0) is 0 Å². The normalized spacial score (nSPS) is 16.1. The third-order valence-electron chi connectivity index (χ3n) is 3.95. The van der Waals surface area contributed by atoms with Gasteiger partial charge in [-0.2, -0.15) is 0 Å². The summed E-state index contributed by atoms with van der Waals surface area (Å²) in [6.07, 6.45) is 3.42. The molecule has 0 aliphatic heterocycles. The first-order valence-corrected chi connectivity index (χ1v) is 6.80. The lowest BCUT2D eigenvalue weighted by atomic mass is 9.80. The van der Waals surface area contributed by atoms with Crippen molar-refractivity contribution in [1.82, 2.24) is 5.32 Å². The average molecular weight is 277 g/mol. The quantitative estimate of drug-likeness (QED) is 0.640. The molecule has 0 spiro atoms. The van der Waals surface area contributed by atoms with E-state index in [1.54, 1.807) is 19.2 Å². The first-order chi connectivity index (χ1) is 9.54. The van der Waals surface area contributed by atoms with Crippen molar-refractivity contribution in [3.63, 3.8) is 0 Å². The van der Waals surface area contributed by atoms with E-state index < -0.39 is 4.92 Å². The smallest absolute Gasteiger partial charge is 0.305 e. The fourth-order valence-electron chi connectivity index (χ4n) is 2.47. The number of amides is 1. The zero-order chi connectivity index (χ0) is 14.7. The highest BCUT2D eigenvalue weighted by molar-refractivity contribution is 6.00. The Morgan fingerprint density at radius 2 is 2.15 bits per heavy atom. The molecule has 1 unspecified atom stereocenters. The van der Waals surface area contributed by atoms with Crippen LogP contribution in [0.2, 0.25) is 0 Å². The molecular formula is C14H19N3O3. The fraction of sp³-hybridized carbons (Fsp3) is 0.500. The topological polar surface area (TPSA) is 84.3 Å². The van der Waals surface area contributed by atoms with Gasteiger partial charge in [-0.1, -0.05) is 12.5 Å². The van der Waals surface area contributed by atoms with E-state index in [9.17, 15) is 14.9 Å². The summed E-state index contributed by atoms with van der Waals surface area (Å²) in [5.41, 5.74) is 0.278. The van der Waals surface area contributed by atoms with Gasteiger partial charge >= 0.3 is 5.69 Å². The van der Waals surface area contributed by atoms with Crippen molar-refractivity contribution in [1.29, 1.82) is 0 Å². The van der Waals surface area contributed by atoms with Gasteiger partial charge in [-0.3, -0.25) is 14.9 Å². The zero-order valence-corrected chi connectivity index (χ0v) is 11.7. The van der Waals surface area contributed by atoms with E-state index in [2.05, 4.69) is 10.6 Å². The minimum Gasteiger partial charge on any atom is -0.383 e. The van der Waals surface area contributed by atoms with E-state index in [1.165, 1.54) is 12.5 Å². The van der Waals surface area contributed by atoms with E-state index in [4.69, 9.17) is 0 Å². The molecule has 0 heterocycles. The van der Waals surface area contributed by atoms with Crippen LogP contribution in [0.25, 0.3) is 0 Å². The number of nitrogens with zero attached hydrogens (tertiary/aromatic N) is 1. The number of rotatable bonds is 5. The van der Waals surface area contributed by atoms with Crippen LogP contribution in [0.1, 0.15) is 36.5 Å². The number of nitro benzene ring substituents is 1. The third kappa shape index (κ3) is 2.74. The summed E-state index contributed by atoms with van der Waals surface area (Å²) < 4.78 is 0. The number of hydrogen-bond acceptors (Lipinski definition) is 4. The Bertz CT molecular complexity index is 526. The molecule has 2 rings (SSSR count). The van der Waals surface area contributed by atoms with Crippen molar-refractivity contribution in [2.75, 3.05) is 12.4 Å². The Kier molecular flexibility index (Phi) is 4.22. The molecule has 1 aromatic carbocycles. The van der Waals surface area contributed by atoms with Gasteiger partial charge in [0.05, 0.1) is 4.92 Å². The van der Waals surface area contributed by atoms with E-state index in [-0.39, 0.29) is 23.2 Å². The Balaban J connectivity index is 2.22. The number of carbonyl (C=O) groups is 1. The second-order valence-corrected chi connectivity index (χ2v) is 5.16. The highest BCUT2D eigenvalue weighted by Gasteiger charge is 2.28. The molecule has 1 aliphatic rings. The second-order valence-electron chi connectivity index (χ2n) is 5.16. The van der Waals surface area contributed by atoms with Crippen LogP contribution in [0.15, 0.2) is 18.2 Å². The number of benzene rings is 1. The fourth-order valence-corrected chi connectivity index (χ4v) is 2.47. The Morgan fingerprint density at radius 3 is 2.65 bits per heavy atom. The van der Waals surface area contributed by atoms with Crippen molar-refractivity contribution in [3.05, 3.63) is 33.9 Å². The highest BCUT2D eigenvalue weighted by Crippen LogP contribution is 2.31. The maximum absolute atomic E-state index is 12.2. The molecule has 6 nitrogen and oxygen atoms in total. The summed E-state index contributed by atoms with van der Waals surface area (Å²) in [6, 6.07) is 4.77. The lowest BCUT2D eigenvalue weighted by Crippen LogP contribution is -2.40. The van der Waals surface area contributed by atoms with Crippen molar-refractivity contribution < 1.29 is 9.72 Å². The Hall–Kier alpha value is -2.11. The molecule has 1 amide bonds. The molecule has 20 heavy (non-hydrogen) atoms. The summed E-state index contributed by atoms with van der Waals surface area (Å²) >= 11 is 0. The molecule has 1 atom stereocenters. The van der Waals surface area contributed by atoms with Crippen LogP contribution in [0.3, 0.4) is 0 Å². The number of anilines is 1. The Morgan fingerprint density at radius 1 is 1.45 bits per heavy atom. The standard InChI is InChI=1S/C14H19N3O3/c1-9(10-5-3-6-10)16-14(18)11-7-4-8-12(15-2)13(11)17(19)20/h4,7-10,15H,3,5-6H2,1-2H3,(H,16,18). The van der Waals surface area contributed by atoms with Crippen LogP contribution in [0, 0.1) is 16.0 Å². The van der Waals surface area contributed by atoms with Crippen LogP contribution in [0.5, 0.6) is 0 Å². The molecule has 1 fully saturated rings. The number of hydrogen-bond donors (Lipinski definition) is 2. The van der Waals surface area contributed by atoms with Gasteiger partial charge in [0.15, 0.2) is 0 Å². The van der Waals surface area contributed by atoms with E-state index in [1.807, 2.05) is 6.92 Å². The largest absolute Gasteiger partial charge is 0.383 e. The first kappa shape index (κ1) is 14.3. The summed E-state index contributed by atoms with van der Waals surface area (Å²) in [5.74, 6) is 0.110. The molecule has 2 N–H and O–H groups in total. The molecular weight excluding hydrogens is 258 g/mol. The molecule has 1 aliphatic carbocycles. The maximum atomic E-state index is 12.2. The molecule has 108 valence electrons. The number of para-hydroxylation sites is 1. The van der Waals surface area contributed by atoms with Crippen LogP contribution in [0.4, 0.5) is 11.4 Å². The molecule has 1 saturated carbocycles. The molecule has 1 aromatic rings. The van der Waals surface area contributed by atoms with E-state index in [0.29, 0.717) is 11.6 Å². The van der Waals surface area contributed by atoms with Crippen molar-refractivity contribution in [3.8, 4) is 0 Å². The molecule has 0 bridgehead atoms. The lowest BCUT2D eigenvalue weighted by molar-refractivity contribution is -0.384. The van der Waals surface area contributed by atoms with Gasteiger partial charge in [0.1, 0.15) is 11.3 Å². The Labute approximate surface area is 117 Å². The van der Waals surface area contributed by atoms with Gasteiger partial charge in [0.2, 0.25) is 0 Å². The van der Waals surface area contributed by atoms with Gasteiger partial charge in [-0.05, 0) is 37.8 Å².